The van der Waals surface area contributed by atoms with E-state index < -0.39 is 0 Å². The van der Waals surface area contributed by atoms with E-state index in [9.17, 15) is 4.79 Å². The minimum absolute atomic E-state index is 0.111. The first-order chi connectivity index (χ1) is 9.25. The summed E-state index contributed by atoms with van der Waals surface area (Å²) in [6.45, 7) is 0. The molecular formula is C14H8ClN3O. The van der Waals surface area contributed by atoms with Gasteiger partial charge in [0.25, 0.3) is 5.56 Å². The molecule has 3 aromatic rings. The van der Waals surface area contributed by atoms with Gasteiger partial charge in [0.15, 0.2) is 5.65 Å². The topological polar surface area (TPSA) is 47.8 Å². The van der Waals surface area contributed by atoms with Crippen LogP contribution in [0.4, 0.5) is 0 Å². The summed E-state index contributed by atoms with van der Waals surface area (Å²) in [4.78, 5) is 21.2. The maximum atomic E-state index is 12.6. The minimum Gasteiger partial charge on any atom is -0.268 e. The molecule has 0 amide bonds. The number of pyridine rings is 1. The number of nitrogens with zero attached hydrogens (tertiary/aromatic N) is 3. The van der Waals surface area contributed by atoms with Crippen LogP contribution in [-0.4, -0.2) is 14.5 Å². The normalized spacial score (nSPS) is 12.5. The molecule has 1 aliphatic heterocycles. The maximum Gasteiger partial charge on any atom is 0.267 e. The average Bonchev–Trinajstić information content (AvgIpc) is 2.79. The van der Waals surface area contributed by atoms with Crippen LogP contribution in [-0.2, 0) is 6.42 Å². The lowest BCUT2D eigenvalue weighted by molar-refractivity contribution is 0.908. The first-order valence-corrected chi connectivity index (χ1v) is 6.28. The second kappa shape index (κ2) is 3.65. The monoisotopic (exact) mass is 269 g/mol. The Morgan fingerprint density at radius 3 is 3.00 bits per heavy atom. The van der Waals surface area contributed by atoms with E-state index in [-0.39, 0.29) is 5.56 Å². The van der Waals surface area contributed by atoms with Crippen molar-refractivity contribution >= 4 is 22.6 Å². The van der Waals surface area contributed by atoms with E-state index in [2.05, 4.69) is 9.97 Å². The molecule has 19 heavy (non-hydrogen) atoms. The first-order valence-electron chi connectivity index (χ1n) is 5.90. The van der Waals surface area contributed by atoms with E-state index in [1.54, 1.807) is 29.0 Å². The molecule has 0 spiro atoms. The highest BCUT2D eigenvalue weighted by atomic mass is 35.5. The number of hydrogen-bond acceptors (Lipinski definition) is 3. The molecule has 2 aromatic heterocycles. The second-order valence-corrected chi connectivity index (χ2v) is 4.87. The number of benzene rings is 1. The van der Waals surface area contributed by atoms with Crippen LogP contribution < -0.4 is 5.56 Å². The summed E-state index contributed by atoms with van der Waals surface area (Å²) in [5, 5.41) is 1.09. The Labute approximate surface area is 113 Å². The Hall–Kier alpha value is -2.20. The van der Waals surface area contributed by atoms with Crippen LogP contribution in [0, 0.1) is 0 Å². The minimum atomic E-state index is -0.111. The molecule has 4 rings (SSSR count). The molecule has 4 nitrogen and oxygen atoms in total. The molecule has 92 valence electrons. The van der Waals surface area contributed by atoms with Gasteiger partial charge in [-0.3, -0.25) is 9.36 Å². The standard InChI is InChI=1S/C14H8ClN3O/c15-10-5-1-3-8-7-11-17-13-9(4-2-6-16-13)14(19)18(11)12(8)10/h1-6H,7H2. The zero-order valence-electron chi connectivity index (χ0n) is 9.80. The van der Waals surface area contributed by atoms with Crippen molar-refractivity contribution in [3.8, 4) is 5.69 Å². The quantitative estimate of drug-likeness (QED) is 0.492. The van der Waals surface area contributed by atoms with Crippen LogP contribution >= 0.6 is 11.6 Å². The van der Waals surface area contributed by atoms with Gasteiger partial charge in [0.05, 0.1) is 16.1 Å². The van der Waals surface area contributed by atoms with Crippen molar-refractivity contribution in [3.63, 3.8) is 0 Å². The summed E-state index contributed by atoms with van der Waals surface area (Å²) in [5.41, 5.74) is 2.15. The van der Waals surface area contributed by atoms with Gasteiger partial charge in [-0.15, -0.1) is 0 Å². The summed E-state index contributed by atoms with van der Waals surface area (Å²) in [6, 6.07) is 9.11. The molecule has 0 unspecified atom stereocenters. The van der Waals surface area contributed by atoms with Gasteiger partial charge in [0.2, 0.25) is 0 Å². The maximum absolute atomic E-state index is 12.6. The summed E-state index contributed by atoms with van der Waals surface area (Å²) in [6.07, 6.45) is 2.25. The van der Waals surface area contributed by atoms with Crippen molar-refractivity contribution in [3.05, 3.63) is 63.3 Å². The Morgan fingerprint density at radius 1 is 1.21 bits per heavy atom. The number of fused-ring (bicyclic) bond motifs is 4. The fourth-order valence-electron chi connectivity index (χ4n) is 2.54. The number of aromatic nitrogens is 3. The van der Waals surface area contributed by atoms with Crippen LogP contribution in [0.3, 0.4) is 0 Å². The lowest BCUT2D eigenvalue weighted by Crippen LogP contribution is -2.21. The lowest BCUT2D eigenvalue weighted by Gasteiger charge is -2.07. The van der Waals surface area contributed by atoms with Gasteiger partial charge in [-0.25, -0.2) is 9.97 Å². The molecule has 0 N–H and O–H groups in total. The molecule has 3 heterocycles. The molecule has 0 saturated carbocycles. The van der Waals surface area contributed by atoms with Crippen LogP contribution in [0.2, 0.25) is 5.02 Å². The molecule has 0 saturated heterocycles. The van der Waals surface area contributed by atoms with Crippen molar-refractivity contribution in [2.75, 3.05) is 0 Å². The number of para-hydroxylation sites is 1. The fraction of sp³-hybridized carbons (Fsp3) is 0.0714. The highest BCUT2D eigenvalue weighted by molar-refractivity contribution is 6.32. The van der Waals surface area contributed by atoms with Crippen molar-refractivity contribution in [1.82, 2.24) is 14.5 Å². The predicted octanol–water partition coefficient (Wildman–Crippen LogP) is 2.34. The van der Waals surface area contributed by atoms with Gasteiger partial charge < -0.3 is 0 Å². The molecule has 5 heteroatoms. The SMILES string of the molecule is O=c1c2cccnc2nc2n1-c1c(Cl)cccc1C2. The van der Waals surface area contributed by atoms with E-state index in [1.807, 2.05) is 12.1 Å². The highest BCUT2D eigenvalue weighted by Gasteiger charge is 2.24. The first kappa shape index (κ1) is 10.7. The molecule has 1 aromatic carbocycles. The summed E-state index contributed by atoms with van der Waals surface area (Å²) < 4.78 is 1.60. The molecule has 0 aliphatic carbocycles. The fourth-order valence-corrected chi connectivity index (χ4v) is 2.81. The average molecular weight is 270 g/mol. The zero-order chi connectivity index (χ0) is 13.0. The van der Waals surface area contributed by atoms with Gasteiger partial charge in [0.1, 0.15) is 5.82 Å². The molecule has 0 bridgehead atoms. The smallest absolute Gasteiger partial charge is 0.267 e. The number of rotatable bonds is 0. The van der Waals surface area contributed by atoms with Crippen LogP contribution in [0.5, 0.6) is 0 Å². The zero-order valence-corrected chi connectivity index (χ0v) is 10.6. The summed E-state index contributed by atoms with van der Waals surface area (Å²) >= 11 is 6.22. The van der Waals surface area contributed by atoms with Crippen LogP contribution in [0.1, 0.15) is 11.4 Å². The number of hydrogen-bond donors (Lipinski definition) is 0. The van der Waals surface area contributed by atoms with Gasteiger partial charge in [-0.2, -0.15) is 0 Å². The van der Waals surface area contributed by atoms with E-state index in [1.165, 1.54) is 0 Å². The molecule has 1 aliphatic rings. The number of halogens is 1. The predicted molar refractivity (Wildman–Crippen MR) is 73.0 cm³/mol. The van der Waals surface area contributed by atoms with Crippen molar-refractivity contribution in [1.29, 1.82) is 0 Å². The molecule has 0 atom stereocenters. The van der Waals surface area contributed by atoms with E-state index in [4.69, 9.17) is 11.6 Å². The van der Waals surface area contributed by atoms with Crippen molar-refractivity contribution in [2.24, 2.45) is 0 Å². The van der Waals surface area contributed by atoms with Gasteiger partial charge >= 0.3 is 0 Å². The van der Waals surface area contributed by atoms with Crippen LogP contribution in [0.25, 0.3) is 16.7 Å². The third kappa shape index (κ3) is 1.37. The van der Waals surface area contributed by atoms with E-state index in [0.717, 1.165) is 11.3 Å². The lowest BCUT2D eigenvalue weighted by atomic mass is 10.1. The molecule has 0 radical (unpaired) electrons. The van der Waals surface area contributed by atoms with Crippen molar-refractivity contribution in [2.45, 2.75) is 6.42 Å². The Bertz CT molecular complexity index is 885. The Kier molecular flexibility index (Phi) is 2.05. The summed E-state index contributed by atoms with van der Waals surface area (Å²) in [7, 11) is 0. The van der Waals surface area contributed by atoms with Gasteiger partial charge in [-0.1, -0.05) is 23.7 Å². The highest BCUT2D eigenvalue weighted by Crippen LogP contribution is 2.31. The largest absolute Gasteiger partial charge is 0.268 e. The third-order valence-electron chi connectivity index (χ3n) is 3.36. The summed E-state index contributed by atoms with van der Waals surface area (Å²) in [5.74, 6) is 0.694. The molecular weight excluding hydrogens is 262 g/mol. The Balaban J connectivity index is 2.19. The van der Waals surface area contributed by atoms with E-state index in [0.29, 0.717) is 28.3 Å². The third-order valence-corrected chi connectivity index (χ3v) is 3.66. The Morgan fingerprint density at radius 2 is 2.11 bits per heavy atom. The second-order valence-electron chi connectivity index (χ2n) is 4.47. The van der Waals surface area contributed by atoms with Gasteiger partial charge in [0, 0.05) is 12.6 Å². The van der Waals surface area contributed by atoms with E-state index >= 15 is 0 Å². The van der Waals surface area contributed by atoms with Gasteiger partial charge in [-0.05, 0) is 23.8 Å². The molecule has 0 fully saturated rings. The van der Waals surface area contributed by atoms with Crippen LogP contribution in [0.15, 0.2) is 41.3 Å². The van der Waals surface area contributed by atoms with Crippen molar-refractivity contribution < 1.29 is 0 Å².